The third kappa shape index (κ3) is 2.53. The zero-order valence-electron chi connectivity index (χ0n) is 11.5. The largest absolute Gasteiger partial charge is 0.380 e. The Morgan fingerprint density at radius 2 is 1.75 bits per heavy atom. The predicted octanol–water partition coefficient (Wildman–Crippen LogP) is 3.03. The number of hydrogen-bond donors (Lipinski definition) is 1. The normalized spacial score (nSPS) is 11.9. The lowest BCUT2D eigenvalue weighted by Gasteiger charge is -2.15. The molecular formula is C17H16O3. The van der Waals surface area contributed by atoms with Gasteiger partial charge in [0, 0.05) is 11.1 Å². The first-order valence-electron chi connectivity index (χ1n) is 6.39. The molecule has 1 N–H and O–H groups in total. The molecule has 0 aliphatic rings. The number of aliphatic hydroxyl groups is 1. The Hall–Kier alpha value is -2.26. The van der Waals surface area contributed by atoms with Crippen molar-refractivity contribution in [1.82, 2.24) is 0 Å². The highest BCUT2D eigenvalue weighted by Crippen LogP contribution is 2.25. The Balaban J connectivity index is 2.42. The minimum absolute atomic E-state index is 0.366. The lowest BCUT2D eigenvalue weighted by molar-refractivity contribution is 0.0745. The maximum Gasteiger partial charge on any atom is 0.195 e. The fourth-order valence-electron chi connectivity index (χ4n) is 2.26. The molecular weight excluding hydrogens is 252 g/mol. The van der Waals surface area contributed by atoms with Crippen molar-refractivity contribution in [3.63, 3.8) is 0 Å². The topological polar surface area (TPSA) is 54.4 Å². The molecule has 2 rings (SSSR count). The zero-order valence-corrected chi connectivity index (χ0v) is 11.5. The first kappa shape index (κ1) is 14.2. The van der Waals surface area contributed by atoms with E-state index in [1.807, 2.05) is 13.0 Å². The average molecular weight is 268 g/mol. The maximum atomic E-state index is 12.2. The number of aldehydes is 1. The second kappa shape index (κ2) is 5.80. The molecule has 0 bridgehead atoms. The first-order chi connectivity index (χ1) is 9.56. The van der Waals surface area contributed by atoms with Crippen molar-refractivity contribution in [2.45, 2.75) is 20.0 Å². The molecule has 0 saturated heterocycles. The summed E-state index contributed by atoms with van der Waals surface area (Å²) < 4.78 is 0. The standard InChI is InChI=1S/C17H16O3/c1-11-8-9-14(12(2)15(11)10-18)17(20)16(19)13-6-4-3-5-7-13/h3-10,17,20H,1-2H3. The Kier molecular flexibility index (Phi) is 4.11. The van der Waals surface area contributed by atoms with Crippen LogP contribution in [0.5, 0.6) is 0 Å². The second-order valence-electron chi connectivity index (χ2n) is 4.76. The van der Waals surface area contributed by atoms with E-state index in [1.54, 1.807) is 43.3 Å². The van der Waals surface area contributed by atoms with Crippen molar-refractivity contribution in [2.24, 2.45) is 0 Å². The number of carbonyl (C=O) groups is 2. The summed E-state index contributed by atoms with van der Waals surface area (Å²) in [4.78, 5) is 23.3. The van der Waals surface area contributed by atoms with Crippen molar-refractivity contribution in [3.05, 3.63) is 70.3 Å². The van der Waals surface area contributed by atoms with Crippen LogP contribution in [-0.2, 0) is 0 Å². The molecule has 0 spiro atoms. The van der Waals surface area contributed by atoms with Crippen LogP contribution in [0, 0.1) is 13.8 Å². The number of rotatable bonds is 4. The third-order valence-electron chi connectivity index (χ3n) is 3.49. The number of benzene rings is 2. The van der Waals surface area contributed by atoms with Crippen LogP contribution in [-0.4, -0.2) is 17.2 Å². The molecule has 0 amide bonds. The molecule has 0 aromatic heterocycles. The summed E-state index contributed by atoms with van der Waals surface area (Å²) >= 11 is 0. The minimum Gasteiger partial charge on any atom is -0.380 e. The van der Waals surface area contributed by atoms with Gasteiger partial charge in [0.15, 0.2) is 12.1 Å². The molecule has 2 aromatic carbocycles. The molecule has 1 atom stereocenters. The molecule has 0 aliphatic carbocycles. The lowest BCUT2D eigenvalue weighted by atomic mass is 9.92. The van der Waals surface area contributed by atoms with E-state index in [4.69, 9.17) is 0 Å². The van der Waals surface area contributed by atoms with Gasteiger partial charge in [-0.05, 0) is 30.5 Å². The Labute approximate surface area is 117 Å². The molecule has 0 heterocycles. The van der Waals surface area contributed by atoms with Crippen LogP contribution in [0.4, 0.5) is 0 Å². The van der Waals surface area contributed by atoms with Gasteiger partial charge < -0.3 is 5.11 Å². The van der Waals surface area contributed by atoms with Crippen molar-refractivity contribution < 1.29 is 14.7 Å². The summed E-state index contributed by atoms with van der Waals surface area (Å²) in [6, 6.07) is 12.1. The molecule has 3 nitrogen and oxygen atoms in total. The van der Waals surface area contributed by atoms with E-state index in [9.17, 15) is 14.7 Å². The Bertz CT molecular complexity index is 645. The summed E-state index contributed by atoms with van der Waals surface area (Å²) in [5, 5.41) is 10.3. The third-order valence-corrected chi connectivity index (χ3v) is 3.49. The molecule has 102 valence electrons. The van der Waals surface area contributed by atoms with Gasteiger partial charge in [-0.3, -0.25) is 9.59 Å². The number of aliphatic hydroxyl groups excluding tert-OH is 1. The van der Waals surface area contributed by atoms with E-state index in [1.165, 1.54) is 0 Å². The fraction of sp³-hybridized carbons (Fsp3) is 0.176. The second-order valence-corrected chi connectivity index (χ2v) is 4.76. The smallest absolute Gasteiger partial charge is 0.195 e. The van der Waals surface area contributed by atoms with E-state index in [-0.39, 0.29) is 5.78 Å². The molecule has 20 heavy (non-hydrogen) atoms. The zero-order chi connectivity index (χ0) is 14.7. The maximum absolute atomic E-state index is 12.2. The van der Waals surface area contributed by atoms with Crippen molar-refractivity contribution in [1.29, 1.82) is 0 Å². The van der Waals surface area contributed by atoms with Crippen LogP contribution in [0.3, 0.4) is 0 Å². The number of aryl methyl sites for hydroxylation is 1. The summed E-state index contributed by atoms with van der Waals surface area (Å²) in [6.45, 7) is 3.57. The molecule has 0 fully saturated rings. The monoisotopic (exact) mass is 268 g/mol. The quantitative estimate of drug-likeness (QED) is 0.685. The van der Waals surface area contributed by atoms with Gasteiger partial charge in [-0.2, -0.15) is 0 Å². The van der Waals surface area contributed by atoms with E-state index in [0.717, 1.165) is 11.8 Å². The number of hydrogen-bond acceptors (Lipinski definition) is 3. The van der Waals surface area contributed by atoms with Crippen LogP contribution in [0.15, 0.2) is 42.5 Å². The highest BCUT2D eigenvalue weighted by atomic mass is 16.3. The van der Waals surface area contributed by atoms with Gasteiger partial charge in [0.2, 0.25) is 0 Å². The number of carbonyl (C=O) groups excluding carboxylic acids is 2. The SMILES string of the molecule is Cc1ccc(C(O)C(=O)c2ccccc2)c(C)c1C=O. The van der Waals surface area contributed by atoms with E-state index in [2.05, 4.69) is 0 Å². The Morgan fingerprint density at radius 1 is 1.10 bits per heavy atom. The van der Waals surface area contributed by atoms with Crippen LogP contribution >= 0.6 is 0 Å². The number of ketones is 1. The molecule has 0 radical (unpaired) electrons. The average Bonchev–Trinajstić information content (AvgIpc) is 2.47. The van der Waals surface area contributed by atoms with Crippen LogP contribution in [0.25, 0.3) is 0 Å². The van der Waals surface area contributed by atoms with Crippen molar-refractivity contribution >= 4 is 12.1 Å². The van der Waals surface area contributed by atoms with Crippen molar-refractivity contribution in [2.75, 3.05) is 0 Å². The number of Topliss-reactive ketones (excluding diaryl/α,β-unsaturated/α-hetero) is 1. The van der Waals surface area contributed by atoms with Crippen LogP contribution in [0.2, 0.25) is 0 Å². The molecule has 0 aliphatic heterocycles. The van der Waals surface area contributed by atoms with E-state index < -0.39 is 6.10 Å². The first-order valence-corrected chi connectivity index (χ1v) is 6.39. The molecule has 0 saturated carbocycles. The minimum atomic E-state index is -1.25. The molecule has 3 heteroatoms. The highest BCUT2D eigenvalue weighted by molar-refractivity contribution is 6.00. The van der Waals surface area contributed by atoms with E-state index in [0.29, 0.717) is 22.3 Å². The van der Waals surface area contributed by atoms with Gasteiger partial charge in [-0.1, -0.05) is 42.5 Å². The summed E-state index contributed by atoms with van der Waals surface area (Å²) in [6.07, 6.45) is -0.495. The van der Waals surface area contributed by atoms with Gasteiger partial charge in [0.05, 0.1) is 0 Å². The van der Waals surface area contributed by atoms with Crippen molar-refractivity contribution in [3.8, 4) is 0 Å². The fourth-order valence-corrected chi connectivity index (χ4v) is 2.26. The lowest BCUT2D eigenvalue weighted by Crippen LogP contribution is -2.14. The summed E-state index contributed by atoms with van der Waals surface area (Å²) in [5.41, 5.74) is 2.94. The van der Waals surface area contributed by atoms with Gasteiger partial charge >= 0.3 is 0 Å². The van der Waals surface area contributed by atoms with E-state index >= 15 is 0 Å². The van der Waals surface area contributed by atoms with Gasteiger partial charge in [-0.15, -0.1) is 0 Å². The van der Waals surface area contributed by atoms with Gasteiger partial charge in [-0.25, -0.2) is 0 Å². The Morgan fingerprint density at radius 3 is 2.35 bits per heavy atom. The van der Waals surface area contributed by atoms with Crippen LogP contribution < -0.4 is 0 Å². The summed E-state index contributed by atoms with van der Waals surface area (Å²) in [7, 11) is 0. The van der Waals surface area contributed by atoms with Gasteiger partial charge in [0.1, 0.15) is 6.10 Å². The predicted molar refractivity (Wildman–Crippen MR) is 77.0 cm³/mol. The van der Waals surface area contributed by atoms with Gasteiger partial charge in [0.25, 0.3) is 0 Å². The molecule has 1 unspecified atom stereocenters. The highest BCUT2D eigenvalue weighted by Gasteiger charge is 2.22. The molecule has 2 aromatic rings. The van der Waals surface area contributed by atoms with Crippen LogP contribution in [0.1, 0.15) is 43.5 Å². The summed E-state index contributed by atoms with van der Waals surface area (Å²) in [5.74, 6) is -0.366.